The fourth-order valence-electron chi connectivity index (χ4n) is 5.57. The first-order valence-electron chi connectivity index (χ1n) is 13.8. The molecule has 2 aliphatic heterocycles. The number of hydrogen-bond acceptors (Lipinski definition) is 3. The van der Waals surface area contributed by atoms with Crippen molar-refractivity contribution in [3.63, 3.8) is 0 Å². The largest absolute Gasteiger partial charge is 0.465 e. The lowest BCUT2D eigenvalue weighted by atomic mass is 9.84. The first kappa shape index (κ1) is 27.5. The molecule has 2 aromatic rings. The van der Waals surface area contributed by atoms with E-state index >= 15 is 0 Å². The molecule has 2 aromatic carbocycles. The number of benzene rings is 2. The van der Waals surface area contributed by atoms with Crippen molar-refractivity contribution < 1.29 is 9.47 Å². The van der Waals surface area contributed by atoms with Crippen LogP contribution in [0.5, 0.6) is 0 Å². The van der Waals surface area contributed by atoms with Crippen LogP contribution in [-0.4, -0.2) is 13.2 Å². The fraction of sp³-hybridized carbons (Fsp3) is 0.529. The summed E-state index contributed by atoms with van der Waals surface area (Å²) in [6.45, 7) is 22.3. The first-order chi connectivity index (χ1) is 17.2. The van der Waals surface area contributed by atoms with E-state index in [1.165, 1.54) is 33.5 Å². The fourth-order valence-corrected chi connectivity index (χ4v) is 5.57. The summed E-state index contributed by atoms with van der Waals surface area (Å²) >= 11 is 0. The average molecular weight is 502 g/mol. The molecule has 0 radical (unpaired) electrons. The molecule has 37 heavy (non-hydrogen) atoms. The number of anilines is 1. The third-order valence-corrected chi connectivity index (χ3v) is 7.56. The van der Waals surface area contributed by atoms with Gasteiger partial charge in [0.05, 0.1) is 12.1 Å². The Morgan fingerprint density at radius 3 is 2.32 bits per heavy atom. The van der Waals surface area contributed by atoms with E-state index in [1.54, 1.807) is 0 Å². The van der Waals surface area contributed by atoms with Crippen molar-refractivity contribution in [1.29, 1.82) is 0 Å². The molecule has 2 heterocycles. The van der Waals surface area contributed by atoms with Gasteiger partial charge in [0.15, 0.2) is 0 Å². The Bertz CT molecular complexity index is 1210. The Morgan fingerprint density at radius 1 is 1.00 bits per heavy atom. The van der Waals surface area contributed by atoms with Gasteiger partial charge in [-0.1, -0.05) is 97.4 Å². The van der Waals surface area contributed by atoms with E-state index in [-0.39, 0.29) is 23.0 Å². The summed E-state index contributed by atoms with van der Waals surface area (Å²) in [6.07, 6.45) is 7.48. The van der Waals surface area contributed by atoms with Crippen LogP contribution in [0.2, 0.25) is 0 Å². The highest BCUT2D eigenvalue weighted by Gasteiger charge is 2.39. The number of nitrogens with zero attached hydrogens (tertiary/aromatic N) is 1. The normalized spacial score (nSPS) is 22.1. The second-order valence-corrected chi connectivity index (χ2v) is 13.6. The molecule has 4 rings (SSSR count). The van der Waals surface area contributed by atoms with E-state index in [2.05, 4.69) is 130 Å². The molecule has 2 aliphatic rings. The second kappa shape index (κ2) is 9.98. The van der Waals surface area contributed by atoms with Crippen molar-refractivity contribution >= 4 is 11.8 Å². The van der Waals surface area contributed by atoms with Crippen LogP contribution in [0.4, 0.5) is 5.69 Å². The molecule has 0 aromatic heterocycles. The van der Waals surface area contributed by atoms with E-state index in [9.17, 15) is 0 Å². The maximum Gasteiger partial charge on any atom is 0.227 e. The zero-order valence-electron chi connectivity index (χ0n) is 24.9. The highest BCUT2D eigenvalue weighted by atomic mass is 16.7. The van der Waals surface area contributed by atoms with Gasteiger partial charge in [0.25, 0.3) is 0 Å². The minimum absolute atomic E-state index is 0.0343. The van der Waals surface area contributed by atoms with Crippen molar-refractivity contribution in [3.05, 3.63) is 81.6 Å². The lowest BCUT2D eigenvalue weighted by Gasteiger charge is -2.42. The van der Waals surface area contributed by atoms with E-state index in [4.69, 9.17) is 9.47 Å². The SMILES string of the molecule is Cc1cc(C)c([C@H]2OC(C(C)(C)C)=CC(C(C)(C)C)O2)c(C2C=Cc3c(CC(C)C)cccc3N2C)c1. The smallest absolute Gasteiger partial charge is 0.227 e. The Balaban J connectivity index is 1.80. The van der Waals surface area contributed by atoms with Crippen molar-refractivity contribution in [3.8, 4) is 0 Å². The molecule has 3 heteroatoms. The van der Waals surface area contributed by atoms with Gasteiger partial charge in [0.1, 0.15) is 5.76 Å². The van der Waals surface area contributed by atoms with Gasteiger partial charge < -0.3 is 14.4 Å². The molecule has 3 nitrogen and oxygen atoms in total. The summed E-state index contributed by atoms with van der Waals surface area (Å²) < 4.78 is 13.4. The number of aryl methyl sites for hydroxylation is 2. The molecule has 2 unspecified atom stereocenters. The average Bonchev–Trinajstić information content (AvgIpc) is 2.77. The minimum atomic E-state index is -0.450. The van der Waals surface area contributed by atoms with Crippen molar-refractivity contribution in [1.82, 2.24) is 0 Å². The number of fused-ring (bicyclic) bond motifs is 1. The quantitative estimate of drug-likeness (QED) is 0.417. The molecule has 0 saturated carbocycles. The van der Waals surface area contributed by atoms with E-state index in [0.29, 0.717) is 5.92 Å². The number of likely N-dealkylation sites (N-methyl/N-ethyl adjacent to an activating group) is 1. The number of ether oxygens (including phenoxy) is 2. The Morgan fingerprint density at radius 2 is 1.70 bits per heavy atom. The molecule has 0 saturated heterocycles. The summed E-state index contributed by atoms with van der Waals surface area (Å²) in [6, 6.07) is 11.4. The minimum Gasteiger partial charge on any atom is -0.465 e. The molecule has 200 valence electrons. The Kier molecular flexibility index (Phi) is 7.42. The maximum atomic E-state index is 6.74. The van der Waals surface area contributed by atoms with Crippen LogP contribution in [-0.2, 0) is 15.9 Å². The molecular weight excluding hydrogens is 454 g/mol. The van der Waals surface area contributed by atoms with Gasteiger partial charge in [-0.3, -0.25) is 0 Å². The van der Waals surface area contributed by atoms with Crippen LogP contribution in [0.15, 0.2) is 48.2 Å². The molecule has 3 atom stereocenters. The molecule has 0 aliphatic carbocycles. The van der Waals surface area contributed by atoms with Gasteiger partial charge >= 0.3 is 0 Å². The highest BCUT2D eigenvalue weighted by Crippen LogP contribution is 2.46. The van der Waals surface area contributed by atoms with Crippen LogP contribution < -0.4 is 4.90 Å². The van der Waals surface area contributed by atoms with Crippen LogP contribution in [0.25, 0.3) is 6.08 Å². The molecule has 0 spiro atoms. The topological polar surface area (TPSA) is 21.7 Å². The van der Waals surface area contributed by atoms with Crippen molar-refractivity contribution in [2.45, 2.75) is 94.1 Å². The number of rotatable bonds is 4. The van der Waals surface area contributed by atoms with Crippen molar-refractivity contribution in [2.24, 2.45) is 16.7 Å². The maximum absolute atomic E-state index is 6.74. The summed E-state index contributed by atoms with van der Waals surface area (Å²) in [5.74, 6) is 1.63. The van der Waals surface area contributed by atoms with Crippen LogP contribution >= 0.6 is 0 Å². The zero-order chi connectivity index (χ0) is 27.3. The van der Waals surface area contributed by atoms with E-state index in [1.807, 2.05) is 0 Å². The van der Waals surface area contributed by atoms with E-state index in [0.717, 1.165) is 17.7 Å². The lowest BCUT2D eigenvalue weighted by Crippen LogP contribution is -2.36. The molecule has 0 amide bonds. The second-order valence-electron chi connectivity index (χ2n) is 13.6. The summed E-state index contributed by atoms with van der Waals surface area (Å²) in [7, 11) is 2.22. The first-order valence-corrected chi connectivity index (χ1v) is 13.8. The van der Waals surface area contributed by atoms with Gasteiger partial charge in [-0.25, -0.2) is 0 Å². The van der Waals surface area contributed by atoms with Crippen LogP contribution in [0.1, 0.15) is 101 Å². The molecule has 0 N–H and O–H groups in total. The van der Waals surface area contributed by atoms with Gasteiger partial charge in [-0.2, -0.15) is 0 Å². The standard InChI is InChI=1S/C34H47NO2/c1-21(2)17-24-13-12-14-27-25(24)15-16-28(35(27)11)26-19-22(3)18-23(4)31(26)32-36-29(33(5,6)7)20-30(37-32)34(8,9)10/h12-16,18-21,28-29,32H,17H2,1-11H3/t28?,29?,32-/m1/s1. The zero-order valence-corrected chi connectivity index (χ0v) is 24.9. The van der Waals surface area contributed by atoms with Crippen molar-refractivity contribution in [2.75, 3.05) is 11.9 Å². The molecular formula is C34H47NO2. The Labute approximate surface area is 225 Å². The summed E-state index contributed by atoms with van der Waals surface area (Å²) in [5.41, 5.74) is 8.78. The third kappa shape index (κ3) is 5.67. The summed E-state index contributed by atoms with van der Waals surface area (Å²) in [4.78, 5) is 2.42. The molecule has 0 fully saturated rings. The Hall–Kier alpha value is -2.52. The predicted molar refractivity (Wildman–Crippen MR) is 157 cm³/mol. The third-order valence-electron chi connectivity index (χ3n) is 7.56. The summed E-state index contributed by atoms with van der Waals surface area (Å²) in [5, 5.41) is 0. The van der Waals surface area contributed by atoms with Gasteiger partial charge in [-0.15, -0.1) is 0 Å². The monoisotopic (exact) mass is 501 g/mol. The number of allylic oxidation sites excluding steroid dienone is 1. The predicted octanol–water partition coefficient (Wildman–Crippen LogP) is 9.10. The van der Waals surface area contributed by atoms with Crippen LogP contribution in [0, 0.1) is 30.6 Å². The van der Waals surface area contributed by atoms with Gasteiger partial charge in [0.2, 0.25) is 6.29 Å². The van der Waals surface area contributed by atoms with Crippen LogP contribution in [0.3, 0.4) is 0 Å². The van der Waals surface area contributed by atoms with Gasteiger partial charge in [0, 0.05) is 29.3 Å². The van der Waals surface area contributed by atoms with E-state index < -0.39 is 6.29 Å². The number of hydrogen-bond donors (Lipinski definition) is 0. The van der Waals surface area contributed by atoms with Gasteiger partial charge in [-0.05, 0) is 60.4 Å². The lowest BCUT2D eigenvalue weighted by molar-refractivity contribution is -0.191. The highest BCUT2D eigenvalue weighted by molar-refractivity contribution is 5.75. The molecule has 0 bridgehead atoms.